The first kappa shape index (κ1) is 6.59. The molecule has 0 atom stereocenters. The third-order valence-electron chi connectivity index (χ3n) is 0.388. The van der Waals surface area contributed by atoms with Crippen LogP contribution in [0.25, 0.3) is 0 Å². The molecule has 0 aromatic heterocycles. The maximum atomic E-state index is 9.91. The van der Waals surface area contributed by atoms with E-state index in [0.29, 0.717) is 0 Å². The minimum Gasteiger partial charge on any atom is -0.388 e. The van der Waals surface area contributed by atoms with E-state index in [1.807, 2.05) is 0 Å². The van der Waals surface area contributed by atoms with Crippen LogP contribution in [0, 0.1) is 5.41 Å². The van der Waals surface area contributed by atoms with Gasteiger partial charge in [-0.05, 0) is 0 Å². The minimum absolute atomic E-state index is 0.623. The first-order valence-electron chi connectivity index (χ1n) is 1.56. The van der Waals surface area contributed by atoms with Gasteiger partial charge in [-0.3, -0.25) is 10.2 Å². The molecule has 0 saturated heterocycles. The molecule has 4 heteroatoms. The fraction of sp³-hybridized carbons (Fsp3) is 0.333. The summed E-state index contributed by atoms with van der Waals surface area (Å²) in [6.45, 7) is -0.678. The van der Waals surface area contributed by atoms with Gasteiger partial charge in [0, 0.05) is 0 Å². The van der Waals surface area contributed by atoms with E-state index in [4.69, 9.17) is 22.1 Å². The van der Waals surface area contributed by atoms with Crippen molar-refractivity contribution in [2.24, 2.45) is 0 Å². The highest BCUT2D eigenvalue weighted by Gasteiger charge is 2.00. The van der Waals surface area contributed by atoms with Crippen molar-refractivity contribution in [3.8, 4) is 0 Å². The van der Waals surface area contributed by atoms with E-state index in [9.17, 15) is 4.79 Å². The van der Waals surface area contributed by atoms with Crippen molar-refractivity contribution in [1.29, 1.82) is 5.41 Å². The molecule has 0 bridgehead atoms. The number of hydrogen-bond acceptors (Lipinski definition) is 3. The van der Waals surface area contributed by atoms with Gasteiger partial charge < -0.3 is 5.11 Å². The number of nitrogens with one attached hydrogen (secondary N) is 1. The fourth-order valence-electron chi connectivity index (χ4n) is 0.0694. The van der Waals surface area contributed by atoms with Crippen LogP contribution >= 0.6 is 11.6 Å². The lowest BCUT2D eigenvalue weighted by Crippen LogP contribution is -2.09. The van der Waals surface area contributed by atoms with Crippen molar-refractivity contribution < 1.29 is 9.90 Å². The van der Waals surface area contributed by atoms with Gasteiger partial charge in [0.1, 0.15) is 6.61 Å². The summed E-state index contributed by atoms with van der Waals surface area (Å²) >= 11 is 4.80. The van der Waals surface area contributed by atoms with Gasteiger partial charge >= 0.3 is 0 Å². The van der Waals surface area contributed by atoms with Crippen LogP contribution in [0.2, 0.25) is 0 Å². The number of carbonyl (C=O) groups is 1. The summed E-state index contributed by atoms with van der Waals surface area (Å²) in [6.07, 6.45) is 0. The Kier molecular flexibility index (Phi) is 2.55. The summed E-state index contributed by atoms with van der Waals surface area (Å²) in [7, 11) is 0. The first-order chi connectivity index (χ1) is 3.18. The quantitative estimate of drug-likeness (QED) is 0.496. The Morgan fingerprint density at radius 3 is 2.29 bits per heavy atom. The van der Waals surface area contributed by atoms with Crippen molar-refractivity contribution in [2.75, 3.05) is 6.61 Å². The molecule has 0 fully saturated rings. The van der Waals surface area contributed by atoms with Crippen LogP contribution in [-0.4, -0.2) is 22.7 Å². The molecular weight excluding hydrogens is 117 g/mol. The Morgan fingerprint density at radius 2 is 2.29 bits per heavy atom. The Morgan fingerprint density at radius 1 is 1.86 bits per heavy atom. The summed E-state index contributed by atoms with van der Waals surface area (Å²) in [4.78, 5) is 9.91. The highest BCUT2D eigenvalue weighted by Crippen LogP contribution is 1.79. The zero-order valence-electron chi connectivity index (χ0n) is 3.44. The molecule has 0 rings (SSSR count). The SMILES string of the molecule is N=C(Cl)C(=O)CO. The lowest BCUT2D eigenvalue weighted by molar-refractivity contribution is -0.115. The summed E-state index contributed by atoms with van der Waals surface area (Å²) < 4.78 is 0. The summed E-state index contributed by atoms with van der Waals surface area (Å²) in [5.41, 5.74) is 0. The Labute approximate surface area is 45.4 Å². The first-order valence-corrected chi connectivity index (χ1v) is 1.94. The van der Waals surface area contributed by atoms with E-state index in [2.05, 4.69) is 0 Å². The molecule has 2 N–H and O–H groups in total. The number of hydrogen-bond donors (Lipinski definition) is 2. The molecule has 0 radical (unpaired) electrons. The average Bonchev–Trinajstić information content (AvgIpc) is 1.65. The van der Waals surface area contributed by atoms with E-state index in [0.717, 1.165) is 0 Å². The maximum absolute atomic E-state index is 9.91. The number of rotatable bonds is 2. The Balaban J connectivity index is 3.58. The molecule has 40 valence electrons. The van der Waals surface area contributed by atoms with E-state index in [1.54, 1.807) is 0 Å². The van der Waals surface area contributed by atoms with Crippen molar-refractivity contribution in [3.05, 3.63) is 0 Å². The molecule has 3 nitrogen and oxygen atoms in total. The van der Waals surface area contributed by atoms with Gasteiger partial charge in [0.2, 0.25) is 5.78 Å². The van der Waals surface area contributed by atoms with Crippen LogP contribution in [0.1, 0.15) is 0 Å². The van der Waals surface area contributed by atoms with Crippen LogP contribution in [0.15, 0.2) is 0 Å². The smallest absolute Gasteiger partial charge is 0.217 e. The number of carbonyl (C=O) groups excluding carboxylic acids is 1. The predicted molar refractivity (Wildman–Crippen MR) is 25.7 cm³/mol. The third-order valence-corrected chi connectivity index (χ3v) is 0.599. The van der Waals surface area contributed by atoms with E-state index in [1.165, 1.54) is 0 Å². The Hall–Kier alpha value is -0.410. The molecule has 0 heterocycles. The largest absolute Gasteiger partial charge is 0.388 e. The van der Waals surface area contributed by atoms with E-state index >= 15 is 0 Å². The lowest BCUT2D eigenvalue weighted by atomic mass is 10.5. The van der Waals surface area contributed by atoms with Gasteiger partial charge in [0.15, 0.2) is 5.17 Å². The predicted octanol–water partition coefficient (Wildman–Crippen LogP) is -0.236. The average molecular weight is 122 g/mol. The number of halogens is 1. The van der Waals surface area contributed by atoms with Crippen molar-refractivity contribution >= 4 is 22.6 Å². The second-order valence-electron chi connectivity index (χ2n) is 0.895. The van der Waals surface area contributed by atoms with Gasteiger partial charge in [-0.15, -0.1) is 0 Å². The van der Waals surface area contributed by atoms with Gasteiger partial charge in [-0.1, -0.05) is 11.6 Å². The van der Waals surface area contributed by atoms with Crippen LogP contribution in [-0.2, 0) is 4.79 Å². The molecule has 0 aliphatic rings. The van der Waals surface area contributed by atoms with Gasteiger partial charge in [-0.2, -0.15) is 0 Å². The van der Waals surface area contributed by atoms with Crippen LogP contribution in [0.4, 0.5) is 0 Å². The summed E-state index contributed by atoms with van der Waals surface area (Å²) in [5.74, 6) is -0.748. The second-order valence-corrected chi connectivity index (χ2v) is 1.27. The number of aliphatic hydroxyl groups excluding tert-OH is 1. The minimum atomic E-state index is -0.748. The zero-order chi connectivity index (χ0) is 5.86. The maximum Gasteiger partial charge on any atom is 0.217 e. The lowest BCUT2D eigenvalue weighted by Gasteiger charge is -1.82. The monoisotopic (exact) mass is 121 g/mol. The normalized spacial score (nSPS) is 8.29. The van der Waals surface area contributed by atoms with Gasteiger partial charge in [0.05, 0.1) is 0 Å². The van der Waals surface area contributed by atoms with Crippen molar-refractivity contribution in [3.63, 3.8) is 0 Å². The molecule has 0 aromatic rings. The molecule has 0 amide bonds. The molecule has 0 saturated carbocycles. The standard InChI is InChI=1S/C3H4ClNO2/c4-3(5)2(7)1-6/h5-6H,1H2. The molecule has 0 spiro atoms. The zero-order valence-corrected chi connectivity index (χ0v) is 4.20. The Bertz CT molecular complexity index is 101. The molecule has 7 heavy (non-hydrogen) atoms. The van der Waals surface area contributed by atoms with E-state index < -0.39 is 17.6 Å². The van der Waals surface area contributed by atoms with Crippen LogP contribution in [0.3, 0.4) is 0 Å². The van der Waals surface area contributed by atoms with Gasteiger partial charge in [-0.25, -0.2) is 0 Å². The van der Waals surface area contributed by atoms with Crippen LogP contribution < -0.4 is 0 Å². The summed E-state index contributed by atoms with van der Waals surface area (Å²) in [5, 5.41) is 13.7. The molecule has 0 aliphatic carbocycles. The highest BCUT2D eigenvalue weighted by atomic mass is 35.5. The van der Waals surface area contributed by atoms with Crippen LogP contribution in [0.5, 0.6) is 0 Å². The number of Topliss-reactive ketones (excluding diaryl/α,β-unsaturated/α-hetero) is 1. The number of aliphatic hydroxyl groups is 1. The molecule has 0 aromatic carbocycles. The van der Waals surface area contributed by atoms with Crippen molar-refractivity contribution in [2.45, 2.75) is 0 Å². The third kappa shape index (κ3) is 2.31. The van der Waals surface area contributed by atoms with Gasteiger partial charge in [0.25, 0.3) is 0 Å². The molecule has 0 aliphatic heterocycles. The highest BCUT2D eigenvalue weighted by molar-refractivity contribution is 6.82. The molecular formula is C3H4ClNO2. The van der Waals surface area contributed by atoms with E-state index in [-0.39, 0.29) is 0 Å². The van der Waals surface area contributed by atoms with Crippen molar-refractivity contribution in [1.82, 2.24) is 0 Å². The summed E-state index contributed by atoms with van der Waals surface area (Å²) in [6, 6.07) is 0. The number of ketones is 1. The molecule has 0 unspecified atom stereocenters. The second kappa shape index (κ2) is 2.71. The topological polar surface area (TPSA) is 61.2 Å². The fourth-order valence-corrected chi connectivity index (χ4v) is 0.129.